The molecule has 0 saturated carbocycles. The van der Waals surface area contributed by atoms with Crippen LogP contribution < -0.4 is 11.1 Å². The standard InChI is InChI=1S/C13H19N5.2ClH/c14-12-11-5-1-2-9-18(11)16-13(12)15-6-10-17-7-3-4-8-17;;/h1-2,5,9H,3-4,6-8,10,14H2,(H,15,16);2*1H. The zero-order valence-corrected chi connectivity index (χ0v) is 12.9. The fourth-order valence-corrected chi connectivity index (χ4v) is 2.49. The molecule has 112 valence electrons. The van der Waals surface area contributed by atoms with Gasteiger partial charge in [0.15, 0.2) is 5.82 Å². The molecule has 2 aromatic heterocycles. The maximum absolute atomic E-state index is 6.07. The third-order valence-electron chi connectivity index (χ3n) is 3.50. The lowest BCUT2D eigenvalue weighted by molar-refractivity contribution is 0.352. The van der Waals surface area contributed by atoms with Crippen LogP contribution in [0, 0.1) is 0 Å². The predicted molar refractivity (Wildman–Crippen MR) is 88.3 cm³/mol. The molecule has 0 amide bonds. The van der Waals surface area contributed by atoms with Crippen LogP contribution in [0.1, 0.15) is 12.8 Å². The van der Waals surface area contributed by atoms with Gasteiger partial charge >= 0.3 is 0 Å². The number of likely N-dealkylation sites (tertiary alicyclic amines) is 1. The zero-order chi connectivity index (χ0) is 12.4. The first-order valence-corrected chi connectivity index (χ1v) is 6.53. The first-order chi connectivity index (χ1) is 8.84. The number of pyridine rings is 1. The molecule has 2 aromatic rings. The molecule has 20 heavy (non-hydrogen) atoms. The summed E-state index contributed by atoms with van der Waals surface area (Å²) in [5.74, 6) is 0.792. The summed E-state index contributed by atoms with van der Waals surface area (Å²) in [6, 6.07) is 5.91. The highest BCUT2D eigenvalue weighted by molar-refractivity contribution is 5.85. The number of nitrogens with two attached hydrogens (primary N) is 1. The zero-order valence-electron chi connectivity index (χ0n) is 11.3. The number of aromatic nitrogens is 2. The van der Waals surface area contributed by atoms with Gasteiger partial charge in [-0.25, -0.2) is 4.52 Å². The van der Waals surface area contributed by atoms with Crippen molar-refractivity contribution in [3.05, 3.63) is 24.4 Å². The Labute approximate surface area is 131 Å². The summed E-state index contributed by atoms with van der Waals surface area (Å²) in [6.45, 7) is 4.41. The molecule has 1 fully saturated rings. The van der Waals surface area contributed by atoms with E-state index in [2.05, 4.69) is 15.3 Å². The minimum Gasteiger partial charge on any atom is -0.394 e. The first-order valence-electron chi connectivity index (χ1n) is 6.53. The molecule has 5 nitrogen and oxygen atoms in total. The SMILES string of the molecule is Cl.Cl.Nc1c(NCCN2CCCC2)nn2ccccc12. The average molecular weight is 318 g/mol. The first kappa shape index (κ1) is 16.9. The summed E-state index contributed by atoms with van der Waals surface area (Å²) in [5.41, 5.74) is 7.77. The number of rotatable bonds is 4. The average Bonchev–Trinajstić information content (AvgIpc) is 3.00. The summed E-state index contributed by atoms with van der Waals surface area (Å²) in [5, 5.41) is 7.77. The monoisotopic (exact) mass is 317 g/mol. The molecule has 0 aliphatic carbocycles. The van der Waals surface area contributed by atoms with Crippen LogP contribution in [0.3, 0.4) is 0 Å². The second-order valence-electron chi connectivity index (χ2n) is 4.77. The van der Waals surface area contributed by atoms with Crippen molar-refractivity contribution in [2.75, 3.05) is 37.2 Å². The Bertz CT molecular complexity index is 537. The van der Waals surface area contributed by atoms with E-state index in [1.165, 1.54) is 25.9 Å². The van der Waals surface area contributed by atoms with E-state index in [0.29, 0.717) is 0 Å². The largest absolute Gasteiger partial charge is 0.394 e. The topological polar surface area (TPSA) is 58.6 Å². The van der Waals surface area contributed by atoms with Gasteiger partial charge in [0.2, 0.25) is 0 Å². The van der Waals surface area contributed by atoms with E-state index in [9.17, 15) is 0 Å². The Hall–Kier alpha value is -1.17. The molecule has 0 aromatic carbocycles. The van der Waals surface area contributed by atoms with E-state index in [0.717, 1.165) is 30.1 Å². The minimum absolute atomic E-state index is 0. The molecule has 0 atom stereocenters. The maximum Gasteiger partial charge on any atom is 0.172 e. The van der Waals surface area contributed by atoms with Gasteiger partial charge in [0.05, 0.1) is 5.52 Å². The van der Waals surface area contributed by atoms with Gasteiger partial charge in [-0.2, -0.15) is 0 Å². The highest BCUT2D eigenvalue weighted by atomic mass is 35.5. The second kappa shape index (κ2) is 7.57. The fourth-order valence-electron chi connectivity index (χ4n) is 2.49. The van der Waals surface area contributed by atoms with Crippen molar-refractivity contribution in [2.45, 2.75) is 12.8 Å². The molecular formula is C13H21Cl2N5. The number of nitrogens with zero attached hydrogens (tertiary/aromatic N) is 3. The third kappa shape index (κ3) is 3.48. The molecule has 1 aliphatic heterocycles. The van der Waals surface area contributed by atoms with E-state index >= 15 is 0 Å². The van der Waals surface area contributed by atoms with Crippen molar-refractivity contribution in [1.29, 1.82) is 0 Å². The van der Waals surface area contributed by atoms with Gasteiger partial charge in [-0.1, -0.05) is 6.07 Å². The van der Waals surface area contributed by atoms with E-state index in [4.69, 9.17) is 5.73 Å². The van der Waals surface area contributed by atoms with E-state index in [1.807, 2.05) is 28.9 Å². The Morgan fingerprint density at radius 1 is 1.20 bits per heavy atom. The van der Waals surface area contributed by atoms with Crippen molar-refractivity contribution in [3.8, 4) is 0 Å². The summed E-state index contributed by atoms with van der Waals surface area (Å²) < 4.78 is 1.81. The summed E-state index contributed by atoms with van der Waals surface area (Å²) in [7, 11) is 0. The predicted octanol–water partition coefficient (Wildman–Crippen LogP) is 2.27. The number of nitrogen functional groups attached to an aromatic ring is 1. The molecule has 7 heteroatoms. The van der Waals surface area contributed by atoms with Gasteiger partial charge in [0.25, 0.3) is 0 Å². The van der Waals surface area contributed by atoms with Crippen LogP contribution in [-0.4, -0.2) is 40.7 Å². The Morgan fingerprint density at radius 2 is 1.95 bits per heavy atom. The maximum atomic E-state index is 6.07. The smallest absolute Gasteiger partial charge is 0.172 e. The van der Waals surface area contributed by atoms with Crippen LogP contribution in [-0.2, 0) is 0 Å². The summed E-state index contributed by atoms with van der Waals surface area (Å²) in [6.07, 6.45) is 4.57. The van der Waals surface area contributed by atoms with E-state index in [-0.39, 0.29) is 24.8 Å². The van der Waals surface area contributed by atoms with Gasteiger partial charge in [0, 0.05) is 19.3 Å². The van der Waals surface area contributed by atoms with Gasteiger partial charge in [0.1, 0.15) is 5.69 Å². The summed E-state index contributed by atoms with van der Waals surface area (Å²) >= 11 is 0. The Morgan fingerprint density at radius 3 is 2.65 bits per heavy atom. The quantitative estimate of drug-likeness (QED) is 0.908. The number of halogens is 2. The van der Waals surface area contributed by atoms with Crippen molar-refractivity contribution in [2.24, 2.45) is 0 Å². The van der Waals surface area contributed by atoms with Crippen LogP contribution in [0.15, 0.2) is 24.4 Å². The van der Waals surface area contributed by atoms with Crippen molar-refractivity contribution in [1.82, 2.24) is 14.5 Å². The second-order valence-corrected chi connectivity index (χ2v) is 4.77. The van der Waals surface area contributed by atoms with Crippen LogP contribution in [0.4, 0.5) is 11.5 Å². The van der Waals surface area contributed by atoms with Crippen molar-refractivity contribution < 1.29 is 0 Å². The highest BCUT2D eigenvalue weighted by Gasteiger charge is 2.12. The van der Waals surface area contributed by atoms with Gasteiger partial charge in [-0.15, -0.1) is 29.9 Å². The van der Waals surface area contributed by atoms with Gasteiger partial charge in [-0.05, 0) is 38.1 Å². The molecule has 0 bridgehead atoms. The normalized spacial score (nSPS) is 14.8. The molecule has 1 aliphatic rings. The molecule has 0 unspecified atom stereocenters. The van der Waals surface area contributed by atoms with Crippen molar-refractivity contribution in [3.63, 3.8) is 0 Å². The van der Waals surface area contributed by atoms with E-state index < -0.39 is 0 Å². The number of nitrogens with one attached hydrogen (secondary N) is 1. The lowest BCUT2D eigenvalue weighted by atomic mass is 10.3. The lowest BCUT2D eigenvalue weighted by Gasteiger charge is -2.14. The van der Waals surface area contributed by atoms with Crippen LogP contribution in [0.5, 0.6) is 0 Å². The molecule has 3 rings (SSSR count). The van der Waals surface area contributed by atoms with Crippen molar-refractivity contribution >= 4 is 41.8 Å². The number of anilines is 2. The third-order valence-corrected chi connectivity index (χ3v) is 3.50. The van der Waals surface area contributed by atoms with E-state index in [1.54, 1.807) is 0 Å². The lowest BCUT2D eigenvalue weighted by Crippen LogP contribution is -2.26. The molecule has 3 N–H and O–H groups in total. The minimum atomic E-state index is 0. The van der Waals surface area contributed by atoms with Crippen LogP contribution in [0.25, 0.3) is 5.52 Å². The number of fused-ring (bicyclic) bond motifs is 1. The molecule has 0 spiro atoms. The molecular weight excluding hydrogens is 297 g/mol. The Balaban J connectivity index is 0.000001000. The van der Waals surface area contributed by atoms with Gasteiger partial charge < -0.3 is 16.0 Å². The Kier molecular flexibility index (Phi) is 6.39. The highest BCUT2D eigenvalue weighted by Crippen LogP contribution is 2.22. The van der Waals surface area contributed by atoms with Gasteiger partial charge in [-0.3, -0.25) is 0 Å². The fraction of sp³-hybridized carbons (Fsp3) is 0.462. The number of hydrogen-bond donors (Lipinski definition) is 2. The molecule has 3 heterocycles. The summed E-state index contributed by atoms with van der Waals surface area (Å²) in [4.78, 5) is 2.47. The molecule has 0 radical (unpaired) electrons. The van der Waals surface area contributed by atoms with Crippen LogP contribution >= 0.6 is 24.8 Å². The molecule has 1 saturated heterocycles. The number of hydrogen-bond acceptors (Lipinski definition) is 4. The van der Waals surface area contributed by atoms with Crippen LogP contribution in [0.2, 0.25) is 0 Å².